The second kappa shape index (κ2) is 6.72. The maximum absolute atomic E-state index is 13.9. The van der Waals surface area contributed by atoms with Gasteiger partial charge in [0, 0.05) is 5.56 Å². The van der Waals surface area contributed by atoms with E-state index >= 15 is 0 Å². The summed E-state index contributed by atoms with van der Waals surface area (Å²) in [5.74, 6) is 0.654. The van der Waals surface area contributed by atoms with Crippen molar-refractivity contribution in [3.8, 4) is 5.75 Å². The summed E-state index contributed by atoms with van der Waals surface area (Å²) < 4.78 is 19.8. The number of nitrogens with one attached hydrogen (secondary N) is 1. The Hall–Kier alpha value is -1.87. The highest BCUT2D eigenvalue weighted by Gasteiger charge is 2.15. The van der Waals surface area contributed by atoms with E-state index in [1.807, 2.05) is 33.0 Å². The fourth-order valence-corrected chi connectivity index (χ4v) is 2.41. The lowest BCUT2D eigenvalue weighted by Crippen LogP contribution is -2.24. The van der Waals surface area contributed by atoms with Crippen LogP contribution in [-0.2, 0) is 0 Å². The van der Waals surface area contributed by atoms with E-state index in [4.69, 9.17) is 4.74 Å². The molecule has 1 atom stereocenters. The topological polar surface area (TPSA) is 21.3 Å². The lowest BCUT2D eigenvalue weighted by molar-refractivity contribution is 0.268. The van der Waals surface area contributed by atoms with Crippen molar-refractivity contribution in [3.63, 3.8) is 0 Å². The largest absolute Gasteiger partial charge is 0.491 e. The predicted molar refractivity (Wildman–Crippen MR) is 84.3 cm³/mol. The van der Waals surface area contributed by atoms with E-state index in [1.165, 1.54) is 17.2 Å². The van der Waals surface area contributed by atoms with Gasteiger partial charge in [-0.25, -0.2) is 4.39 Å². The first-order chi connectivity index (χ1) is 10.0. The van der Waals surface area contributed by atoms with Gasteiger partial charge in [-0.05, 0) is 56.6 Å². The van der Waals surface area contributed by atoms with Gasteiger partial charge in [0.2, 0.25) is 0 Å². The van der Waals surface area contributed by atoms with Crippen molar-refractivity contribution in [1.29, 1.82) is 0 Å². The van der Waals surface area contributed by atoms with Crippen molar-refractivity contribution in [2.45, 2.75) is 26.8 Å². The molecule has 2 aromatic carbocycles. The van der Waals surface area contributed by atoms with Gasteiger partial charge in [-0.1, -0.05) is 24.3 Å². The van der Waals surface area contributed by atoms with Crippen LogP contribution in [0.25, 0.3) is 0 Å². The second-order valence-corrected chi connectivity index (χ2v) is 5.38. The molecule has 0 fully saturated rings. The first kappa shape index (κ1) is 15.5. The van der Waals surface area contributed by atoms with Crippen LogP contribution < -0.4 is 10.1 Å². The molecule has 0 amide bonds. The van der Waals surface area contributed by atoms with Crippen molar-refractivity contribution < 1.29 is 9.13 Å². The molecule has 112 valence electrons. The molecule has 0 saturated carbocycles. The molecule has 0 aliphatic rings. The molecular weight excluding hydrogens is 265 g/mol. The molecule has 0 bridgehead atoms. The van der Waals surface area contributed by atoms with Crippen molar-refractivity contribution in [3.05, 3.63) is 64.5 Å². The summed E-state index contributed by atoms with van der Waals surface area (Å²) in [5.41, 5.74) is 4.13. The predicted octanol–water partition coefficient (Wildman–Crippen LogP) is 4.09. The lowest BCUT2D eigenvalue weighted by atomic mass is 10.1. The molecule has 1 N–H and O–H groups in total. The van der Waals surface area contributed by atoms with E-state index in [-0.39, 0.29) is 11.9 Å². The van der Waals surface area contributed by atoms with E-state index in [2.05, 4.69) is 18.3 Å². The highest BCUT2D eigenvalue weighted by Crippen LogP contribution is 2.25. The van der Waals surface area contributed by atoms with Crippen molar-refractivity contribution in [2.75, 3.05) is 13.7 Å². The number of likely N-dealkylation sites (N-methyl/N-ethyl adjacent to an activating group) is 1. The zero-order valence-corrected chi connectivity index (χ0v) is 13.0. The van der Waals surface area contributed by atoms with Gasteiger partial charge < -0.3 is 10.1 Å². The smallest absolute Gasteiger partial charge is 0.128 e. The van der Waals surface area contributed by atoms with Gasteiger partial charge in [0.1, 0.15) is 18.2 Å². The summed E-state index contributed by atoms with van der Waals surface area (Å²) >= 11 is 0. The van der Waals surface area contributed by atoms with Crippen LogP contribution in [0.5, 0.6) is 5.75 Å². The first-order valence-corrected chi connectivity index (χ1v) is 7.15. The van der Waals surface area contributed by atoms with Crippen LogP contribution in [-0.4, -0.2) is 13.7 Å². The van der Waals surface area contributed by atoms with Gasteiger partial charge in [-0.2, -0.15) is 0 Å². The van der Waals surface area contributed by atoms with Crippen molar-refractivity contribution in [1.82, 2.24) is 5.32 Å². The Kier molecular flexibility index (Phi) is 4.97. The maximum atomic E-state index is 13.9. The molecular formula is C18H22FNO. The number of rotatable bonds is 5. The number of aryl methyl sites for hydroxylation is 2. The van der Waals surface area contributed by atoms with Crippen LogP contribution in [0.4, 0.5) is 4.39 Å². The zero-order valence-electron chi connectivity index (χ0n) is 13.0. The molecule has 0 aromatic heterocycles. The summed E-state index contributed by atoms with van der Waals surface area (Å²) in [6.45, 7) is 6.55. The first-order valence-electron chi connectivity index (χ1n) is 7.15. The molecule has 3 heteroatoms. The second-order valence-electron chi connectivity index (χ2n) is 5.38. The van der Waals surface area contributed by atoms with Gasteiger partial charge in [0.15, 0.2) is 0 Å². The van der Waals surface area contributed by atoms with Crippen LogP contribution in [0.1, 0.15) is 28.3 Å². The average molecular weight is 287 g/mol. The molecule has 0 radical (unpaired) electrons. The Labute approximate surface area is 126 Å². The van der Waals surface area contributed by atoms with E-state index in [9.17, 15) is 4.39 Å². The van der Waals surface area contributed by atoms with Crippen LogP contribution in [0.3, 0.4) is 0 Å². The Morgan fingerprint density at radius 2 is 1.86 bits per heavy atom. The zero-order chi connectivity index (χ0) is 15.4. The number of halogens is 1. The molecule has 0 spiro atoms. The van der Waals surface area contributed by atoms with E-state index in [0.717, 1.165) is 11.3 Å². The quantitative estimate of drug-likeness (QED) is 0.894. The molecule has 0 saturated heterocycles. The standard InChI is InChI=1S/C18H22FNO/c1-12-9-13(2)14(3)18(10-12)21-11-17(20-4)15-7-5-6-8-16(15)19/h5-10,17,20H,11H2,1-4H3. The van der Waals surface area contributed by atoms with Gasteiger partial charge in [0.05, 0.1) is 6.04 Å². The summed E-state index contributed by atoms with van der Waals surface area (Å²) in [7, 11) is 1.81. The third kappa shape index (κ3) is 3.61. The fraction of sp³-hybridized carbons (Fsp3) is 0.333. The van der Waals surface area contributed by atoms with E-state index in [1.54, 1.807) is 12.1 Å². The number of hydrogen-bond donors (Lipinski definition) is 1. The van der Waals surface area contributed by atoms with Crippen LogP contribution in [0.2, 0.25) is 0 Å². The van der Waals surface area contributed by atoms with Crippen LogP contribution in [0, 0.1) is 26.6 Å². The van der Waals surface area contributed by atoms with Gasteiger partial charge in [-0.15, -0.1) is 0 Å². The molecule has 1 unspecified atom stereocenters. The molecule has 0 aliphatic carbocycles. The summed E-state index contributed by atoms with van der Waals surface area (Å²) in [4.78, 5) is 0. The SMILES string of the molecule is CNC(COc1cc(C)cc(C)c1C)c1ccccc1F. The third-order valence-corrected chi connectivity index (χ3v) is 3.80. The maximum Gasteiger partial charge on any atom is 0.128 e. The van der Waals surface area contributed by atoms with Gasteiger partial charge in [-0.3, -0.25) is 0 Å². The minimum absolute atomic E-state index is 0.175. The minimum atomic E-state index is -0.211. The van der Waals surface area contributed by atoms with Crippen molar-refractivity contribution >= 4 is 0 Å². The fourth-order valence-electron chi connectivity index (χ4n) is 2.41. The number of ether oxygens (including phenoxy) is 1. The normalized spacial score (nSPS) is 12.2. The van der Waals surface area contributed by atoms with Gasteiger partial charge >= 0.3 is 0 Å². The third-order valence-electron chi connectivity index (χ3n) is 3.80. The van der Waals surface area contributed by atoms with Crippen LogP contribution >= 0.6 is 0 Å². The van der Waals surface area contributed by atoms with Crippen molar-refractivity contribution in [2.24, 2.45) is 0 Å². The molecule has 0 heterocycles. The van der Waals surface area contributed by atoms with E-state index < -0.39 is 0 Å². The minimum Gasteiger partial charge on any atom is -0.491 e. The Balaban J connectivity index is 2.16. The highest BCUT2D eigenvalue weighted by atomic mass is 19.1. The van der Waals surface area contributed by atoms with E-state index in [0.29, 0.717) is 12.2 Å². The lowest BCUT2D eigenvalue weighted by Gasteiger charge is -2.19. The average Bonchev–Trinajstić information content (AvgIpc) is 2.46. The molecule has 2 nitrogen and oxygen atoms in total. The van der Waals surface area contributed by atoms with Gasteiger partial charge in [0.25, 0.3) is 0 Å². The Morgan fingerprint density at radius 3 is 2.52 bits per heavy atom. The monoisotopic (exact) mass is 287 g/mol. The molecule has 2 rings (SSSR count). The van der Waals surface area contributed by atoms with Crippen LogP contribution in [0.15, 0.2) is 36.4 Å². The molecule has 21 heavy (non-hydrogen) atoms. The highest BCUT2D eigenvalue weighted by molar-refractivity contribution is 5.42. The molecule has 0 aliphatic heterocycles. The Bertz CT molecular complexity index is 625. The summed E-state index contributed by atoms with van der Waals surface area (Å²) in [5, 5.41) is 3.11. The summed E-state index contributed by atoms with van der Waals surface area (Å²) in [6, 6.07) is 10.8. The Morgan fingerprint density at radius 1 is 1.14 bits per heavy atom. The molecule has 2 aromatic rings. The number of benzene rings is 2. The summed E-state index contributed by atoms with van der Waals surface area (Å²) in [6.07, 6.45) is 0. The number of hydrogen-bond acceptors (Lipinski definition) is 2.